The molecule has 0 spiro atoms. The van der Waals surface area contributed by atoms with E-state index in [0.29, 0.717) is 71.2 Å². The molecule has 0 radical (unpaired) electrons. The minimum atomic E-state index is -0.307. The Morgan fingerprint density at radius 1 is 1.08 bits per heavy atom. The van der Waals surface area contributed by atoms with Crippen LogP contribution in [0.3, 0.4) is 0 Å². The molecule has 0 atom stereocenters. The molecular weight excluding hydrogens is 494 g/mol. The number of carbonyl (C=O) groups is 1. The molecule has 1 aromatic carbocycles. The van der Waals surface area contributed by atoms with Gasteiger partial charge in [-0.25, -0.2) is 19.9 Å². The van der Waals surface area contributed by atoms with Gasteiger partial charge in [0.25, 0.3) is 5.91 Å². The molecule has 1 fully saturated rings. The molecule has 37 heavy (non-hydrogen) atoms. The van der Waals surface area contributed by atoms with Crippen molar-refractivity contribution in [2.75, 3.05) is 41.8 Å². The Hall–Kier alpha value is -3.83. The van der Waals surface area contributed by atoms with E-state index < -0.39 is 0 Å². The summed E-state index contributed by atoms with van der Waals surface area (Å²) >= 11 is 6.39. The molecule has 0 aliphatic carbocycles. The van der Waals surface area contributed by atoms with Crippen molar-refractivity contribution < 1.29 is 9.53 Å². The van der Waals surface area contributed by atoms with Crippen LogP contribution in [0.1, 0.15) is 36.8 Å². The van der Waals surface area contributed by atoms with Gasteiger partial charge in [0, 0.05) is 47.9 Å². The third kappa shape index (κ3) is 5.47. The average molecular weight is 522 g/mol. The fraction of sp³-hybridized carbons (Fsp3) is 0.360. The summed E-state index contributed by atoms with van der Waals surface area (Å²) in [7, 11) is 1.79. The lowest BCUT2D eigenvalue weighted by atomic mass is 9.92. The number of nitrogens with one attached hydrogen (secondary N) is 2. The van der Waals surface area contributed by atoms with E-state index in [1.54, 1.807) is 36.1 Å². The van der Waals surface area contributed by atoms with Gasteiger partial charge >= 0.3 is 0 Å². The number of aromatic nitrogens is 6. The Morgan fingerprint density at radius 2 is 1.86 bits per heavy atom. The maximum atomic E-state index is 13.1. The van der Waals surface area contributed by atoms with Gasteiger partial charge in [-0.2, -0.15) is 5.10 Å². The average Bonchev–Trinajstić information content (AvgIpc) is 3.25. The van der Waals surface area contributed by atoms with E-state index in [-0.39, 0.29) is 11.3 Å². The number of hydrogen-bond donors (Lipinski definition) is 2. The van der Waals surface area contributed by atoms with Gasteiger partial charge in [0.1, 0.15) is 23.2 Å². The Morgan fingerprint density at radius 3 is 2.59 bits per heavy atom. The second-order valence-electron chi connectivity index (χ2n) is 9.82. The third-order valence-electron chi connectivity index (χ3n) is 5.97. The van der Waals surface area contributed by atoms with Crippen molar-refractivity contribution in [2.45, 2.75) is 26.2 Å². The van der Waals surface area contributed by atoms with Crippen LogP contribution in [0.15, 0.2) is 36.8 Å². The van der Waals surface area contributed by atoms with Crippen LogP contribution in [0.4, 0.5) is 23.3 Å². The molecule has 0 unspecified atom stereocenters. The predicted molar refractivity (Wildman–Crippen MR) is 143 cm³/mol. The van der Waals surface area contributed by atoms with Crippen LogP contribution >= 0.6 is 11.6 Å². The summed E-state index contributed by atoms with van der Waals surface area (Å²) in [5.41, 5.74) is 2.88. The summed E-state index contributed by atoms with van der Waals surface area (Å²) in [6.45, 7) is 8.89. The monoisotopic (exact) mass is 521 g/mol. The second-order valence-corrected chi connectivity index (χ2v) is 10.3. The molecular formula is C25H28ClN9O2. The molecule has 1 saturated heterocycles. The molecule has 5 rings (SSSR count). The van der Waals surface area contributed by atoms with Gasteiger partial charge in [0.05, 0.1) is 25.1 Å². The Bertz CT molecular complexity index is 1460. The van der Waals surface area contributed by atoms with Crippen molar-refractivity contribution >= 4 is 51.8 Å². The molecule has 1 amide bonds. The Labute approximate surface area is 219 Å². The maximum Gasteiger partial charge on any atom is 0.256 e. The molecule has 192 valence electrons. The minimum absolute atomic E-state index is 0.139. The number of aryl methyl sites for hydroxylation is 1. The van der Waals surface area contributed by atoms with Crippen molar-refractivity contribution in [1.82, 2.24) is 29.7 Å². The zero-order valence-corrected chi connectivity index (χ0v) is 21.9. The zero-order valence-electron chi connectivity index (χ0n) is 21.1. The summed E-state index contributed by atoms with van der Waals surface area (Å²) in [6, 6.07) is 6.92. The molecule has 12 heteroatoms. The number of benzene rings is 1. The van der Waals surface area contributed by atoms with E-state index in [4.69, 9.17) is 21.3 Å². The van der Waals surface area contributed by atoms with E-state index in [9.17, 15) is 4.79 Å². The van der Waals surface area contributed by atoms with E-state index >= 15 is 0 Å². The summed E-state index contributed by atoms with van der Waals surface area (Å²) in [6.07, 6.45) is 3.12. The molecule has 3 aromatic heterocycles. The molecule has 4 aromatic rings. The highest BCUT2D eigenvalue weighted by molar-refractivity contribution is 6.31. The van der Waals surface area contributed by atoms with Crippen molar-refractivity contribution in [3.63, 3.8) is 0 Å². The largest absolute Gasteiger partial charge is 0.378 e. The molecule has 0 saturated carbocycles. The number of anilines is 4. The molecule has 1 aliphatic rings. The fourth-order valence-electron chi connectivity index (χ4n) is 3.92. The number of rotatable bonds is 5. The lowest BCUT2D eigenvalue weighted by Gasteiger charge is -2.26. The fourth-order valence-corrected chi connectivity index (χ4v) is 4.16. The maximum absolute atomic E-state index is 13.1. The molecule has 1 aliphatic heterocycles. The molecule has 4 heterocycles. The SMILES string of the molecule is Cn1nc(C(C)(C)C)cc1NC(=O)c1cc(Cl)cc(Nc2ncnc3cnc(N4CCOCC4)nc23)c1. The highest BCUT2D eigenvalue weighted by Gasteiger charge is 2.21. The van der Waals surface area contributed by atoms with Gasteiger partial charge in [-0.3, -0.25) is 9.48 Å². The lowest BCUT2D eigenvalue weighted by molar-refractivity contribution is 0.102. The van der Waals surface area contributed by atoms with E-state index in [1.807, 2.05) is 6.07 Å². The molecule has 2 N–H and O–H groups in total. The van der Waals surface area contributed by atoms with Crippen LogP contribution in [0.25, 0.3) is 11.0 Å². The van der Waals surface area contributed by atoms with Crippen LogP contribution < -0.4 is 15.5 Å². The smallest absolute Gasteiger partial charge is 0.256 e. The third-order valence-corrected chi connectivity index (χ3v) is 6.19. The molecule has 0 bridgehead atoms. The lowest BCUT2D eigenvalue weighted by Crippen LogP contribution is -2.37. The van der Waals surface area contributed by atoms with Gasteiger partial charge in [0.15, 0.2) is 5.82 Å². The Kier molecular flexibility index (Phi) is 6.65. The van der Waals surface area contributed by atoms with E-state index in [1.165, 1.54) is 6.33 Å². The second kappa shape index (κ2) is 9.91. The van der Waals surface area contributed by atoms with Crippen molar-refractivity contribution in [1.29, 1.82) is 0 Å². The van der Waals surface area contributed by atoms with Gasteiger partial charge in [-0.05, 0) is 18.2 Å². The first-order chi connectivity index (χ1) is 17.7. The predicted octanol–water partition coefficient (Wildman–Crippen LogP) is 3.94. The quantitative estimate of drug-likeness (QED) is 0.402. The van der Waals surface area contributed by atoms with Crippen LogP contribution in [0, 0.1) is 0 Å². The van der Waals surface area contributed by atoms with Crippen LogP contribution in [0.5, 0.6) is 0 Å². The van der Waals surface area contributed by atoms with Crippen LogP contribution in [0.2, 0.25) is 5.02 Å². The van der Waals surface area contributed by atoms with Gasteiger partial charge < -0.3 is 20.3 Å². The summed E-state index contributed by atoms with van der Waals surface area (Å²) in [5, 5.41) is 11.1. The first-order valence-corrected chi connectivity index (χ1v) is 12.3. The standard InChI is InChI=1S/C25H28ClN9O2/c1-25(2,3)19-12-20(34(4)33-19)31-23(36)15-9-16(26)11-17(10-15)30-22-21-18(28-14-29-22)13-27-24(32-21)35-5-7-37-8-6-35/h9-14H,5-8H2,1-4H3,(H,31,36)(H,28,29,30). The summed E-state index contributed by atoms with van der Waals surface area (Å²) < 4.78 is 7.08. The first-order valence-electron chi connectivity index (χ1n) is 11.9. The number of ether oxygens (including phenoxy) is 1. The number of fused-ring (bicyclic) bond motifs is 1. The summed E-state index contributed by atoms with van der Waals surface area (Å²) in [4.78, 5) is 33.0. The summed E-state index contributed by atoms with van der Waals surface area (Å²) in [5.74, 6) is 1.36. The number of halogens is 1. The van der Waals surface area contributed by atoms with E-state index in [0.717, 1.165) is 5.69 Å². The van der Waals surface area contributed by atoms with E-state index in [2.05, 4.69) is 56.4 Å². The van der Waals surface area contributed by atoms with Crippen molar-refractivity contribution in [3.8, 4) is 0 Å². The number of nitrogens with zero attached hydrogens (tertiary/aromatic N) is 7. The van der Waals surface area contributed by atoms with Crippen molar-refractivity contribution in [2.24, 2.45) is 7.05 Å². The van der Waals surface area contributed by atoms with Crippen molar-refractivity contribution in [3.05, 3.63) is 53.1 Å². The number of hydrogen-bond acceptors (Lipinski definition) is 9. The number of morpholine rings is 1. The van der Waals surface area contributed by atoms with Gasteiger partial charge in [-0.15, -0.1) is 0 Å². The normalized spacial score (nSPS) is 14.1. The first kappa shape index (κ1) is 24.8. The Balaban J connectivity index is 1.41. The highest BCUT2D eigenvalue weighted by atomic mass is 35.5. The highest BCUT2D eigenvalue weighted by Crippen LogP contribution is 2.27. The minimum Gasteiger partial charge on any atom is -0.378 e. The topological polar surface area (TPSA) is 123 Å². The van der Waals surface area contributed by atoms with Crippen LogP contribution in [-0.2, 0) is 17.2 Å². The van der Waals surface area contributed by atoms with Crippen LogP contribution in [-0.4, -0.2) is 61.9 Å². The van der Waals surface area contributed by atoms with Gasteiger partial charge in [0.2, 0.25) is 5.95 Å². The molecule has 11 nitrogen and oxygen atoms in total. The van der Waals surface area contributed by atoms with Gasteiger partial charge in [-0.1, -0.05) is 32.4 Å². The number of amides is 1. The number of carbonyl (C=O) groups excluding carboxylic acids is 1. The zero-order chi connectivity index (χ0) is 26.2.